The number of furan rings is 1. The molecule has 0 radical (unpaired) electrons. The zero-order valence-corrected chi connectivity index (χ0v) is 15.0. The number of carbonyl (C=O) groups excluding carboxylic acids is 1. The van der Waals surface area contributed by atoms with E-state index in [0.29, 0.717) is 17.9 Å². The van der Waals surface area contributed by atoms with Gasteiger partial charge in [0.25, 0.3) is 5.91 Å². The Hall–Kier alpha value is -2.12. The molecule has 6 nitrogen and oxygen atoms in total. The minimum absolute atomic E-state index is 0.00928. The summed E-state index contributed by atoms with van der Waals surface area (Å²) >= 11 is 0. The van der Waals surface area contributed by atoms with E-state index in [0.717, 1.165) is 19.3 Å². The van der Waals surface area contributed by atoms with Crippen LogP contribution in [-0.2, 0) is 16.6 Å². The fourth-order valence-electron chi connectivity index (χ4n) is 3.03. The number of hydrogen-bond acceptors (Lipinski definition) is 4. The highest BCUT2D eigenvalue weighted by atomic mass is 32.2. The Kier molecular flexibility index (Phi) is 5.24. The van der Waals surface area contributed by atoms with Crippen LogP contribution in [0.3, 0.4) is 0 Å². The van der Waals surface area contributed by atoms with Crippen LogP contribution >= 0.6 is 0 Å². The fraction of sp³-hybridized carbons (Fsp3) is 0.389. The molecule has 0 spiro atoms. The Balaban J connectivity index is 1.69. The Morgan fingerprint density at radius 3 is 2.64 bits per heavy atom. The maximum atomic E-state index is 12.8. The van der Waals surface area contributed by atoms with Crippen LogP contribution in [-0.4, -0.2) is 31.2 Å². The number of piperidine rings is 1. The summed E-state index contributed by atoms with van der Waals surface area (Å²) in [6.45, 7) is 2.78. The number of hydrogen-bond donors (Lipinski definition) is 1. The van der Waals surface area contributed by atoms with Crippen molar-refractivity contribution in [3.63, 3.8) is 0 Å². The van der Waals surface area contributed by atoms with Gasteiger partial charge in [0.2, 0.25) is 10.0 Å². The fourth-order valence-corrected chi connectivity index (χ4v) is 4.72. The molecule has 1 amide bonds. The van der Waals surface area contributed by atoms with Gasteiger partial charge in [-0.3, -0.25) is 4.79 Å². The molecule has 25 heavy (non-hydrogen) atoms. The van der Waals surface area contributed by atoms with Crippen molar-refractivity contribution in [1.29, 1.82) is 0 Å². The number of benzene rings is 1. The Morgan fingerprint density at radius 1 is 1.24 bits per heavy atom. The van der Waals surface area contributed by atoms with Crippen molar-refractivity contribution in [2.24, 2.45) is 0 Å². The summed E-state index contributed by atoms with van der Waals surface area (Å²) in [5.41, 5.74) is 0.414. The molecule has 0 bridgehead atoms. The Bertz CT molecular complexity index is 813. The molecule has 1 aliphatic rings. The van der Waals surface area contributed by atoms with E-state index >= 15 is 0 Å². The molecule has 1 fully saturated rings. The minimum atomic E-state index is -3.51. The van der Waals surface area contributed by atoms with Crippen LogP contribution < -0.4 is 5.32 Å². The maximum Gasteiger partial charge on any atom is 0.251 e. The molecule has 1 N–H and O–H groups in total. The molecule has 1 saturated heterocycles. The van der Waals surface area contributed by atoms with E-state index in [9.17, 15) is 13.2 Å². The summed E-state index contributed by atoms with van der Waals surface area (Å²) < 4.78 is 32.3. The van der Waals surface area contributed by atoms with E-state index in [1.807, 2.05) is 6.92 Å². The van der Waals surface area contributed by atoms with Crippen molar-refractivity contribution in [3.8, 4) is 0 Å². The normalized spacial score (nSPS) is 18.8. The largest absolute Gasteiger partial charge is 0.467 e. The van der Waals surface area contributed by atoms with Crippen LogP contribution in [0.1, 0.15) is 42.3 Å². The lowest BCUT2D eigenvalue weighted by molar-refractivity contribution is 0.0948. The predicted octanol–water partition coefficient (Wildman–Crippen LogP) is 2.77. The van der Waals surface area contributed by atoms with Crippen LogP contribution in [0.4, 0.5) is 0 Å². The first kappa shape index (κ1) is 17.7. The van der Waals surface area contributed by atoms with Crippen molar-refractivity contribution in [3.05, 3.63) is 54.0 Å². The molecule has 7 heteroatoms. The lowest BCUT2D eigenvalue weighted by Gasteiger charge is -2.32. The third-order valence-corrected chi connectivity index (χ3v) is 6.50. The number of nitrogens with zero attached hydrogens (tertiary/aromatic N) is 1. The van der Waals surface area contributed by atoms with E-state index in [-0.39, 0.29) is 23.4 Å². The van der Waals surface area contributed by atoms with Crippen LogP contribution in [0.5, 0.6) is 0 Å². The summed E-state index contributed by atoms with van der Waals surface area (Å²) in [5, 5.41) is 2.74. The van der Waals surface area contributed by atoms with Crippen molar-refractivity contribution in [2.45, 2.75) is 43.7 Å². The number of rotatable bonds is 5. The van der Waals surface area contributed by atoms with E-state index in [2.05, 4.69) is 5.32 Å². The van der Waals surface area contributed by atoms with Crippen molar-refractivity contribution in [2.75, 3.05) is 6.54 Å². The van der Waals surface area contributed by atoms with Gasteiger partial charge >= 0.3 is 0 Å². The van der Waals surface area contributed by atoms with Gasteiger partial charge in [-0.2, -0.15) is 4.31 Å². The monoisotopic (exact) mass is 362 g/mol. The lowest BCUT2D eigenvalue weighted by Crippen LogP contribution is -2.41. The van der Waals surface area contributed by atoms with Crippen LogP contribution in [0.15, 0.2) is 52.0 Å². The highest BCUT2D eigenvalue weighted by Gasteiger charge is 2.30. The molecule has 0 saturated carbocycles. The van der Waals surface area contributed by atoms with Crippen molar-refractivity contribution in [1.82, 2.24) is 9.62 Å². The van der Waals surface area contributed by atoms with E-state index < -0.39 is 10.0 Å². The SMILES string of the molecule is CC1CCCCN1S(=O)(=O)c1ccc(C(=O)NCc2ccco2)cc1. The molecule has 1 aliphatic heterocycles. The zero-order chi connectivity index (χ0) is 17.9. The summed E-state index contributed by atoms with van der Waals surface area (Å²) in [7, 11) is -3.51. The summed E-state index contributed by atoms with van der Waals surface area (Å²) in [6.07, 6.45) is 4.37. The first-order chi connectivity index (χ1) is 12.0. The van der Waals surface area contributed by atoms with Gasteiger partial charge in [-0.15, -0.1) is 0 Å². The first-order valence-electron chi connectivity index (χ1n) is 8.41. The average molecular weight is 362 g/mol. The molecule has 1 atom stereocenters. The zero-order valence-electron chi connectivity index (χ0n) is 14.1. The van der Waals surface area contributed by atoms with E-state index in [1.54, 1.807) is 34.8 Å². The molecule has 1 aromatic heterocycles. The van der Waals surface area contributed by atoms with Gasteiger partial charge in [-0.05, 0) is 56.2 Å². The first-order valence-corrected chi connectivity index (χ1v) is 9.85. The number of amides is 1. The van der Waals surface area contributed by atoms with Crippen molar-refractivity contribution >= 4 is 15.9 Å². The Labute approximate surface area is 147 Å². The Morgan fingerprint density at radius 2 is 2.00 bits per heavy atom. The van der Waals surface area contributed by atoms with Gasteiger partial charge < -0.3 is 9.73 Å². The second-order valence-electron chi connectivity index (χ2n) is 6.25. The summed E-state index contributed by atoms with van der Waals surface area (Å²) in [5.74, 6) is 0.387. The highest BCUT2D eigenvalue weighted by Crippen LogP contribution is 2.25. The van der Waals surface area contributed by atoms with Gasteiger partial charge in [-0.25, -0.2) is 8.42 Å². The molecular formula is C18H22N2O4S. The van der Waals surface area contributed by atoms with Crippen molar-refractivity contribution < 1.29 is 17.6 Å². The molecule has 134 valence electrons. The topological polar surface area (TPSA) is 79.6 Å². The van der Waals surface area contributed by atoms with Gasteiger partial charge in [0.05, 0.1) is 17.7 Å². The molecule has 2 heterocycles. The van der Waals surface area contributed by atoms with Gasteiger partial charge in [0.1, 0.15) is 5.76 Å². The quantitative estimate of drug-likeness (QED) is 0.887. The van der Waals surface area contributed by atoms with Crippen LogP contribution in [0, 0.1) is 0 Å². The standard InChI is InChI=1S/C18H22N2O4S/c1-14-5-2-3-11-20(14)25(22,23)17-9-7-15(8-10-17)18(21)19-13-16-6-4-12-24-16/h4,6-10,12,14H,2-3,5,11,13H2,1H3,(H,19,21). The minimum Gasteiger partial charge on any atom is -0.467 e. The average Bonchev–Trinajstić information content (AvgIpc) is 3.13. The van der Waals surface area contributed by atoms with Gasteiger partial charge in [0, 0.05) is 18.2 Å². The number of carbonyl (C=O) groups is 1. The number of sulfonamides is 1. The second-order valence-corrected chi connectivity index (χ2v) is 8.14. The molecule has 1 unspecified atom stereocenters. The second kappa shape index (κ2) is 7.41. The third-order valence-electron chi connectivity index (χ3n) is 4.47. The predicted molar refractivity (Wildman–Crippen MR) is 93.5 cm³/mol. The summed E-state index contributed by atoms with van der Waals surface area (Å²) in [6, 6.07) is 9.61. The molecule has 2 aromatic rings. The van der Waals surface area contributed by atoms with Gasteiger partial charge in [-0.1, -0.05) is 6.42 Å². The third kappa shape index (κ3) is 3.93. The maximum absolute atomic E-state index is 12.8. The van der Waals surface area contributed by atoms with Crippen LogP contribution in [0.2, 0.25) is 0 Å². The molecule has 3 rings (SSSR count). The van der Waals surface area contributed by atoms with Crippen LogP contribution in [0.25, 0.3) is 0 Å². The smallest absolute Gasteiger partial charge is 0.251 e. The molecule has 1 aromatic carbocycles. The number of nitrogens with one attached hydrogen (secondary N) is 1. The van der Waals surface area contributed by atoms with E-state index in [4.69, 9.17) is 4.42 Å². The van der Waals surface area contributed by atoms with E-state index in [1.165, 1.54) is 12.1 Å². The summed E-state index contributed by atoms with van der Waals surface area (Å²) in [4.78, 5) is 12.4. The lowest BCUT2D eigenvalue weighted by atomic mass is 10.1. The molecule has 0 aliphatic carbocycles. The van der Waals surface area contributed by atoms with Gasteiger partial charge in [0.15, 0.2) is 0 Å². The molecular weight excluding hydrogens is 340 g/mol. The highest BCUT2D eigenvalue weighted by molar-refractivity contribution is 7.89.